The molecule has 0 saturated carbocycles. The van der Waals surface area contributed by atoms with E-state index < -0.39 is 0 Å². The minimum absolute atomic E-state index is 0. The molecule has 1 aromatic carbocycles. The number of benzene rings is 1. The molecule has 1 aliphatic rings. The van der Waals surface area contributed by atoms with Gasteiger partial charge in [0, 0.05) is 28.2 Å². The number of hydrogen-bond donors (Lipinski definition) is 2. The van der Waals surface area contributed by atoms with Crippen LogP contribution in [-0.4, -0.2) is 39.3 Å². The number of carbonyl (C=O) groups is 1. The van der Waals surface area contributed by atoms with Crippen LogP contribution >= 0.6 is 35.0 Å². The normalized spacial score (nSPS) is 16.9. The molecular weight excluding hydrogens is 403 g/mol. The first-order valence-corrected chi connectivity index (χ1v) is 7.97. The fraction of sp³-hybridized carbons (Fsp3) is 0.533. The van der Waals surface area contributed by atoms with Crippen LogP contribution in [0.15, 0.2) is 24.3 Å². The maximum atomic E-state index is 12.2. The number of carbonyl (C=O) groups excluding carboxylic acids is 1. The zero-order valence-electron chi connectivity index (χ0n) is 12.2. The lowest BCUT2D eigenvalue weighted by Crippen LogP contribution is -2.47. The van der Waals surface area contributed by atoms with Crippen LogP contribution in [0.5, 0.6) is 0 Å². The van der Waals surface area contributed by atoms with Gasteiger partial charge in [-0.15, -0.1) is 12.4 Å². The average molecular weight is 425 g/mol. The predicted molar refractivity (Wildman–Crippen MR) is 95.2 cm³/mol. The number of amides is 1. The maximum absolute atomic E-state index is 12.2. The average Bonchev–Trinajstić information content (AvgIpc) is 2.46. The van der Waals surface area contributed by atoms with Crippen molar-refractivity contribution in [3.63, 3.8) is 0 Å². The molecule has 0 atom stereocenters. The Morgan fingerprint density at radius 1 is 1.43 bits per heavy atom. The molecule has 0 unspecified atom stereocenters. The minimum Gasteiger partial charge on any atom is -0.384 e. The quantitative estimate of drug-likeness (QED) is 0.714. The van der Waals surface area contributed by atoms with Crippen LogP contribution in [0.3, 0.4) is 0 Å². The van der Waals surface area contributed by atoms with Crippen molar-refractivity contribution in [2.75, 3.05) is 33.4 Å². The summed E-state index contributed by atoms with van der Waals surface area (Å²) >= 11 is 2.22. The van der Waals surface area contributed by atoms with Gasteiger partial charge >= 0.3 is 0 Å². The Labute approximate surface area is 145 Å². The maximum Gasteiger partial charge on any atom is 0.251 e. The SMILES string of the molecule is COCC1(CNC(=O)c2cccc(I)c2)CCNCC1.Cl. The van der Waals surface area contributed by atoms with Gasteiger partial charge in [-0.1, -0.05) is 6.07 Å². The Morgan fingerprint density at radius 3 is 2.76 bits per heavy atom. The molecule has 21 heavy (non-hydrogen) atoms. The molecule has 1 aliphatic heterocycles. The summed E-state index contributed by atoms with van der Waals surface area (Å²) in [6, 6.07) is 7.65. The molecule has 1 amide bonds. The lowest BCUT2D eigenvalue weighted by molar-refractivity contribution is 0.0511. The molecule has 118 valence electrons. The molecule has 1 aromatic rings. The largest absolute Gasteiger partial charge is 0.384 e. The number of rotatable bonds is 5. The van der Waals surface area contributed by atoms with Crippen LogP contribution < -0.4 is 10.6 Å². The Kier molecular flexibility index (Phi) is 7.94. The van der Waals surface area contributed by atoms with Crippen molar-refractivity contribution in [1.29, 1.82) is 0 Å². The highest BCUT2D eigenvalue weighted by Gasteiger charge is 2.32. The van der Waals surface area contributed by atoms with E-state index in [9.17, 15) is 4.79 Å². The van der Waals surface area contributed by atoms with Crippen molar-refractivity contribution in [2.24, 2.45) is 5.41 Å². The van der Waals surface area contributed by atoms with Crippen LogP contribution in [0.2, 0.25) is 0 Å². The van der Waals surface area contributed by atoms with Crippen LogP contribution in [0, 0.1) is 8.99 Å². The van der Waals surface area contributed by atoms with E-state index in [0.717, 1.165) is 35.1 Å². The van der Waals surface area contributed by atoms with E-state index in [2.05, 4.69) is 33.2 Å². The van der Waals surface area contributed by atoms with Gasteiger partial charge in [-0.3, -0.25) is 4.79 Å². The summed E-state index contributed by atoms with van der Waals surface area (Å²) in [6.07, 6.45) is 2.07. The zero-order valence-corrected chi connectivity index (χ0v) is 15.1. The fourth-order valence-corrected chi connectivity index (χ4v) is 3.18. The van der Waals surface area contributed by atoms with E-state index in [-0.39, 0.29) is 23.7 Å². The molecule has 0 spiro atoms. The summed E-state index contributed by atoms with van der Waals surface area (Å²) in [7, 11) is 1.73. The monoisotopic (exact) mass is 424 g/mol. The van der Waals surface area contributed by atoms with E-state index in [0.29, 0.717) is 13.2 Å². The summed E-state index contributed by atoms with van der Waals surface area (Å²) in [4.78, 5) is 12.2. The molecule has 6 heteroatoms. The second-order valence-corrected chi connectivity index (χ2v) is 6.62. The van der Waals surface area contributed by atoms with Crippen molar-refractivity contribution in [2.45, 2.75) is 12.8 Å². The molecule has 1 heterocycles. The Morgan fingerprint density at radius 2 is 2.14 bits per heavy atom. The van der Waals surface area contributed by atoms with Crippen molar-refractivity contribution in [1.82, 2.24) is 10.6 Å². The van der Waals surface area contributed by atoms with Crippen molar-refractivity contribution < 1.29 is 9.53 Å². The molecule has 0 aliphatic carbocycles. The first kappa shape index (κ1) is 18.7. The van der Waals surface area contributed by atoms with Crippen LogP contribution in [0.4, 0.5) is 0 Å². The van der Waals surface area contributed by atoms with E-state index in [1.165, 1.54) is 0 Å². The summed E-state index contributed by atoms with van der Waals surface area (Å²) in [5, 5.41) is 6.43. The Hall–Kier alpha value is -0.370. The molecule has 0 aromatic heterocycles. The smallest absolute Gasteiger partial charge is 0.251 e. The van der Waals surface area contributed by atoms with Crippen molar-refractivity contribution in [3.05, 3.63) is 33.4 Å². The first-order chi connectivity index (χ1) is 9.65. The number of piperidine rings is 1. The molecule has 1 fully saturated rings. The molecule has 2 rings (SSSR count). The van der Waals surface area contributed by atoms with E-state index in [1.54, 1.807) is 7.11 Å². The number of nitrogens with one attached hydrogen (secondary N) is 2. The molecule has 2 N–H and O–H groups in total. The highest BCUT2D eigenvalue weighted by molar-refractivity contribution is 14.1. The summed E-state index contributed by atoms with van der Waals surface area (Å²) in [5.74, 6) is -0.00229. The number of halogens is 2. The van der Waals surface area contributed by atoms with Crippen LogP contribution in [0.1, 0.15) is 23.2 Å². The molecule has 0 radical (unpaired) electrons. The van der Waals surface area contributed by atoms with Crippen LogP contribution in [0.25, 0.3) is 0 Å². The van der Waals surface area contributed by atoms with Gasteiger partial charge in [-0.05, 0) is 66.7 Å². The summed E-state index contributed by atoms with van der Waals surface area (Å²) in [6.45, 7) is 3.35. The van der Waals surface area contributed by atoms with Gasteiger partial charge in [0.2, 0.25) is 0 Å². The topological polar surface area (TPSA) is 50.4 Å². The van der Waals surface area contributed by atoms with E-state index in [4.69, 9.17) is 4.74 Å². The third-order valence-electron chi connectivity index (χ3n) is 3.83. The first-order valence-electron chi connectivity index (χ1n) is 6.89. The van der Waals surface area contributed by atoms with Gasteiger partial charge in [0.05, 0.1) is 6.61 Å². The van der Waals surface area contributed by atoms with Crippen LogP contribution in [-0.2, 0) is 4.74 Å². The second-order valence-electron chi connectivity index (χ2n) is 5.38. The number of hydrogen-bond acceptors (Lipinski definition) is 3. The van der Waals surface area contributed by atoms with Gasteiger partial charge < -0.3 is 15.4 Å². The van der Waals surface area contributed by atoms with Crippen molar-refractivity contribution in [3.8, 4) is 0 Å². The van der Waals surface area contributed by atoms with E-state index in [1.807, 2.05) is 24.3 Å². The van der Waals surface area contributed by atoms with E-state index >= 15 is 0 Å². The summed E-state index contributed by atoms with van der Waals surface area (Å²) in [5.41, 5.74) is 0.788. The molecular formula is C15H22ClIN2O2. The Bertz CT molecular complexity index is 459. The standard InChI is InChI=1S/C15H21IN2O2.ClH/c1-20-11-15(5-7-17-8-6-15)10-18-14(19)12-3-2-4-13(16)9-12;/h2-4,9,17H,5-8,10-11H2,1H3,(H,18,19);1H. The fourth-order valence-electron chi connectivity index (χ4n) is 2.63. The third-order valence-corrected chi connectivity index (χ3v) is 4.50. The van der Waals surface area contributed by atoms with Gasteiger partial charge in [0.25, 0.3) is 5.91 Å². The van der Waals surface area contributed by atoms with Gasteiger partial charge in [-0.2, -0.15) is 0 Å². The number of ether oxygens (including phenoxy) is 1. The molecule has 0 bridgehead atoms. The zero-order chi connectivity index (χ0) is 14.4. The minimum atomic E-state index is -0.00229. The highest BCUT2D eigenvalue weighted by atomic mass is 127. The lowest BCUT2D eigenvalue weighted by atomic mass is 9.79. The third kappa shape index (κ3) is 5.39. The summed E-state index contributed by atoms with van der Waals surface area (Å²) < 4.78 is 6.43. The lowest BCUT2D eigenvalue weighted by Gasteiger charge is -2.37. The molecule has 1 saturated heterocycles. The van der Waals surface area contributed by atoms with Gasteiger partial charge in [0.15, 0.2) is 0 Å². The highest BCUT2D eigenvalue weighted by Crippen LogP contribution is 2.28. The van der Waals surface area contributed by atoms with Crippen molar-refractivity contribution >= 4 is 40.9 Å². The second kappa shape index (κ2) is 8.92. The van der Waals surface area contributed by atoms with Gasteiger partial charge in [-0.25, -0.2) is 0 Å². The molecule has 4 nitrogen and oxygen atoms in total. The number of methoxy groups -OCH3 is 1. The Balaban J connectivity index is 0.00000220. The van der Waals surface area contributed by atoms with Gasteiger partial charge in [0.1, 0.15) is 0 Å². The predicted octanol–water partition coefficient (Wildman–Crippen LogP) is 2.46.